The third-order valence-corrected chi connectivity index (χ3v) is 4.14. The lowest BCUT2D eigenvalue weighted by molar-refractivity contribution is -0.299. The first kappa shape index (κ1) is 25.3. The van der Waals surface area contributed by atoms with Crippen LogP contribution in [0.25, 0.3) is 0 Å². The van der Waals surface area contributed by atoms with Gasteiger partial charge in [-0.15, -0.1) is 0 Å². The highest BCUT2D eigenvalue weighted by atomic mass is 35.5. The van der Waals surface area contributed by atoms with E-state index in [9.17, 15) is 19.2 Å². The third-order valence-electron chi connectivity index (χ3n) is 3.30. The Morgan fingerprint density at radius 3 is 1.62 bits per heavy atom. The van der Waals surface area contributed by atoms with Crippen molar-refractivity contribution in [2.75, 3.05) is 6.61 Å². The van der Waals surface area contributed by atoms with E-state index in [0.717, 1.165) is 27.7 Å². The predicted octanol–water partition coefficient (Wildman–Crippen LogP) is 1.93. The Kier molecular flexibility index (Phi) is 9.97. The van der Waals surface area contributed by atoms with Crippen molar-refractivity contribution < 1.29 is 47.6 Å². The van der Waals surface area contributed by atoms with Gasteiger partial charge in [-0.2, -0.15) is 0 Å². The van der Waals surface area contributed by atoms with E-state index in [1.807, 2.05) is 0 Å². The Morgan fingerprint density at radius 2 is 1.17 bits per heavy atom. The van der Waals surface area contributed by atoms with Gasteiger partial charge in [0.2, 0.25) is 17.6 Å². The summed E-state index contributed by atoms with van der Waals surface area (Å²) < 4.78 is 30.9. The average molecular weight is 478 g/mol. The van der Waals surface area contributed by atoms with E-state index >= 15 is 0 Å². The lowest BCUT2D eigenvalue weighted by Gasteiger charge is -2.43. The predicted molar refractivity (Wildman–Crippen MR) is 97.6 cm³/mol. The van der Waals surface area contributed by atoms with Gasteiger partial charge < -0.3 is 28.4 Å². The van der Waals surface area contributed by atoms with E-state index in [-0.39, 0.29) is 9.71 Å². The van der Waals surface area contributed by atoms with Gasteiger partial charge in [0.05, 0.1) is 0 Å². The summed E-state index contributed by atoms with van der Waals surface area (Å²) in [6, 6.07) is 0. The lowest BCUT2D eigenvalue weighted by Crippen LogP contribution is -2.63. The molecule has 1 saturated heterocycles. The van der Waals surface area contributed by atoms with E-state index < -0.39 is 61.2 Å². The van der Waals surface area contributed by atoms with E-state index in [1.54, 1.807) is 0 Å². The monoisotopic (exact) mass is 476 g/mol. The minimum Gasteiger partial charge on any atom is -0.478 e. The number of rotatable bonds is 7. The van der Waals surface area contributed by atoms with Crippen molar-refractivity contribution in [2.45, 2.75) is 58.4 Å². The highest BCUT2D eigenvalue weighted by molar-refractivity contribution is 6.59. The summed E-state index contributed by atoms with van der Waals surface area (Å²) in [5.74, 6) is -3.11. The number of ether oxygens (including phenoxy) is 6. The maximum Gasteiger partial charge on any atom is 0.305 e. The first-order chi connectivity index (χ1) is 13.4. The molecule has 1 aliphatic heterocycles. The second-order valence-corrected chi connectivity index (χ2v) is 7.01. The largest absolute Gasteiger partial charge is 0.478 e. The minimum absolute atomic E-state index is 0.377. The molecule has 13 heteroatoms. The van der Waals surface area contributed by atoms with Crippen molar-refractivity contribution in [1.82, 2.24) is 0 Å². The second-order valence-electron chi connectivity index (χ2n) is 5.72. The molecule has 0 aromatic carbocycles. The Bertz CT molecular complexity index is 676. The summed E-state index contributed by atoms with van der Waals surface area (Å²) in [6.07, 6.45) is -6.81. The Morgan fingerprint density at radius 1 is 0.724 bits per heavy atom. The van der Waals surface area contributed by atoms with E-state index in [2.05, 4.69) is 0 Å². The number of carbonyl (C=O) groups excluding carboxylic acids is 4. The summed E-state index contributed by atoms with van der Waals surface area (Å²) in [5.41, 5.74) is 0. The van der Waals surface area contributed by atoms with Gasteiger partial charge in [0.1, 0.15) is 12.7 Å². The van der Waals surface area contributed by atoms with Crippen LogP contribution in [0.1, 0.15) is 27.7 Å². The first-order valence-corrected chi connectivity index (χ1v) is 9.23. The van der Waals surface area contributed by atoms with Crippen LogP contribution in [0.2, 0.25) is 0 Å². The Balaban J connectivity index is 3.31. The Hall–Kier alpha value is -1.75. The molecule has 10 nitrogen and oxygen atoms in total. The molecule has 164 valence electrons. The molecule has 0 aromatic rings. The molecular weight excluding hydrogens is 459 g/mol. The molecule has 1 heterocycles. The van der Waals surface area contributed by atoms with Gasteiger partial charge in [0.25, 0.3) is 0 Å². The van der Waals surface area contributed by atoms with E-state index in [4.69, 9.17) is 63.2 Å². The van der Waals surface area contributed by atoms with Crippen LogP contribution in [0.4, 0.5) is 0 Å². The molecule has 1 aliphatic rings. The Labute approximate surface area is 181 Å². The smallest absolute Gasteiger partial charge is 0.305 e. The number of carbonyl (C=O) groups is 4. The minimum atomic E-state index is -1.50. The number of halogens is 3. The second kappa shape index (κ2) is 11.4. The van der Waals surface area contributed by atoms with Crippen molar-refractivity contribution >= 4 is 58.7 Å². The molecule has 29 heavy (non-hydrogen) atoms. The molecule has 5 atom stereocenters. The van der Waals surface area contributed by atoms with Crippen LogP contribution >= 0.6 is 34.8 Å². The fraction of sp³-hybridized carbons (Fsp3) is 0.625. The van der Waals surface area contributed by atoms with Crippen molar-refractivity contribution in [3.8, 4) is 0 Å². The van der Waals surface area contributed by atoms with Gasteiger partial charge in [0.15, 0.2) is 16.7 Å². The van der Waals surface area contributed by atoms with Crippen LogP contribution in [0.5, 0.6) is 0 Å². The molecule has 0 unspecified atom stereocenters. The van der Waals surface area contributed by atoms with Crippen LogP contribution in [0.3, 0.4) is 0 Å². The number of hydrogen-bond donors (Lipinski definition) is 0. The zero-order valence-electron chi connectivity index (χ0n) is 15.8. The summed E-state index contributed by atoms with van der Waals surface area (Å²) in [4.78, 5) is 46.2. The molecule has 0 spiro atoms. The lowest BCUT2D eigenvalue weighted by atomic mass is 9.98. The van der Waals surface area contributed by atoms with Crippen LogP contribution in [0.15, 0.2) is 9.71 Å². The summed E-state index contributed by atoms with van der Waals surface area (Å²) in [6.45, 7) is 3.96. The van der Waals surface area contributed by atoms with Crippen LogP contribution < -0.4 is 0 Å². The molecule has 0 radical (unpaired) electrons. The molecular formula is C16H19Cl3O10. The summed E-state index contributed by atoms with van der Waals surface area (Å²) in [5, 5.41) is -0.381. The fourth-order valence-electron chi connectivity index (χ4n) is 2.46. The van der Waals surface area contributed by atoms with Crippen LogP contribution in [0, 0.1) is 0 Å². The molecule has 0 amide bonds. The molecule has 1 rings (SSSR count). The van der Waals surface area contributed by atoms with Gasteiger partial charge >= 0.3 is 23.9 Å². The average Bonchev–Trinajstić information content (AvgIpc) is 2.56. The topological polar surface area (TPSA) is 124 Å². The first-order valence-electron chi connectivity index (χ1n) is 8.10. The number of esters is 4. The zero-order valence-corrected chi connectivity index (χ0v) is 18.1. The van der Waals surface area contributed by atoms with Gasteiger partial charge in [-0.1, -0.05) is 23.2 Å². The molecule has 0 aliphatic carbocycles. The maximum atomic E-state index is 11.6. The quantitative estimate of drug-likeness (QED) is 0.305. The maximum absolute atomic E-state index is 11.6. The van der Waals surface area contributed by atoms with Gasteiger partial charge in [-0.05, 0) is 11.6 Å². The SMILES string of the molecule is CC(=O)O[C@H]1O[C@H](COC(Cl)=C(Cl)Cl)[C@@H](OC(C)=O)[C@H](OC(C)=O)[C@H]1OC(C)=O. The summed E-state index contributed by atoms with van der Waals surface area (Å²) in [7, 11) is 0. The molecule has 0 bridgehead atoms. The van der Waals surface area contributed by atoms with Crippen LogP contribution in [-0.2, 0) is 47.6 Å². The standard InChI is InChI=1S/C16H19Cl3O10/c1-6(20)25-11-10(5-24-15(19)14(17)18)29-16(28-9(4)23)13(27-8(3)22)12(11)26-7(2)21/h10-13,16H,5H2,1-4H3/t10-,11-,12+,13-,16+/m1/s1. The van der Waals surface area contributed by atoms with E-state index in [0.29, 0.717) is 0 Å². The molecule has 0 N–H and O–H groups in total. The van der Waals surface area contributed by atoms with Gasteiger partial charge in [-0.3, -0.25) is 19.2 Å². The van der Waals surface area contributed by atoms with Gasteiger partial charge in [0, 0.05) is 27.7 Å². The zero-order chi connectivity index (χ0) is 22.3. The van der Waals surface area contributed by atoms with Crippen molar-refractivity contribution in [1.29, 1.82) is 0 Å². The highest BCUT2D eigenvalue weighted by Crippen LogP contribution is 2.31. The normalized spacial score (nSPS) is 26.0. The van der Waals surface area contributed by atoms with Gasteiger partial charge in [-0.25, -0.2) is 0 Å². The van der Waals surface area contributed by atoms with Crippen molar-refractivity contribution in [3.63, 3.8) is 0 Å². The molecule has 1 fully saturated rings. The van der Waals surface area contributed by atoms with Crippen molar-refractivity contribution in [3.05, 3.63) is 9.71 Å². The fourth-order valence-corrected chi connectivity index (χ4v) is 2.63. The van der Waals surface area contributed by atoms with Crippen molar-refractivity contribution in [2.24, 2.45) is 0 Å². The van der Waals surface area contributed by atoms with E-state index in [1.165, 1.54) is 0 Å². The highest BCUT2D eigenvalue weighted by Gasteiger charge is 2.53. The van der Waals surface area contributed by atoms with Crippen LogP contribution in [-0.4, -0.2) is 61.2 Å². The number of hydrogen-bond acceptors (Lipinski definition) is 10. The third kappa shape index (κ3) is 8.25. The summed E-state index contributed by atoms with van der Waals surface area (Å²) >= 11 is 16.7. The molecule has 0 aromatic heterocycles. The molecule has 0 saturated carbocycles.